The Kier molecular flexibility index (Phi) is 6.42. The molecule has 1 N–H and O–H groups in total. The largest absolute Gasteiger partial charge is 0.481 e. The molecule has 0 radical (unpaired) electrons. The number of halogens is 1. The van der Waals surface area contributed by atoms with E-state index in [-0.39, 0.29) is 23.8 Å². The maximum atomic E-state index is 13.3. The van der Waals surface area contributed by atoms with Crippen molar-refractivity contribution in [2.75, 3.05) is 19.6 Å². The second-order valence-corrected chi connectivity index (χ2v) is 8.12. The SMILES string of the molecule is O=C(O)CCN1CCCC(n2nc(Cc3ccc(F)cc3)c3ccccc3c2=O)CC1. The van der Waals surface area contributed by atoms with Crippen LogP contribution in [-0.2, 0) is 11.2 Å². The summed E-state index contributed by atoms with van der Waals surface area (Å²) in [6.45, 7) is 2.10. The highest BCUT2D eigenvalue weighted by Gasteiger charge is 2.22. The van der Waals surface area contributed by atoms with Crippen molar-refractivity contribution < 1.29 is 14.3 Å². The van der Waals surface area contributed by atoms with Crippen LogP contribution in [0, 0.1) is 5.82 Å². The van der Waals surface area contributed by atoms with Gasteiger partial charge in [-0.15, -0.1) is 0 Å². The normalized spacial score (nSPS) is 17.5. The predicted octanol–water partition coefficient (Wildman–Crippen LogP) is 3.63. The molecule has 2 aromatic carbocycles. The van der Waals surface area contributed by atoms with Gasteiger partial charge >= 0.3 is 5.97 Å². The molecule has 0 bridgehead atoms. The summed E-state index contributed by atoms with van der Waals surface area (Å²) in [4.78, 5) is 26.3. The lowest BCUT2D eigenvalue weighted by Crippen LogP contribution is -2.30. The van der Waals surface area contributed by atoms with Crippen LogP contribution in [0.3, 0.4) is 0 Å². The summed E-state index contributed by atoms with van der Waals surface area (Å²) in [5.41, 5.74) is 1.64. The Balaban J connectivity index is 1.64. The molecule has 3 aromatic rings. The van der Waals surface area contributed by atoms with E-state index in [1.807, 2.05) is 24.3 Å². The Morgan fingerprint density at radius 1 is 1.06 bits per heavy atom. The number of carboxylic acid groups (broad SMARTS) is 1. The standard InChI is InChI=1S/C24H26FN3O3/c25-18-9-7-17(8-10-18)16-22-20-5-1-2-6-21(20)24(31)28(26-22)19-4-3-13-27(14-11-19)15-12-23(29)30/h1-2,5-10,19H,3-4,11-16H2,(H,29,30). The van der Waals surface area contributed by atoms with Gasteiger partial charge in [-0.25, -0.2) is 9.07 Å². The number of likely N-dealkylation sites (tertiary alicyclic amines) is 1. The molecule has 7 heteroatoms. The van der Waals surface area contributed by atoms with Crippen LogP contribution in [0.4, 0.5) is 4.39 Å². The average Bonchev–Trinajstić information content (AvgIpc) is 3.01. The van der Waals surface area contributed by atoms with Crippen molar-refractivity contribution in [3.05, 3.63) is 76.0 Å². The molecule has 2 heterocycles. The van der Waals surface area contributed by atoms with E-state index in [4.69, 9.17) is 10.2 Å². The first-order chi connectivity index (χ1) is 15.0. The van der Waals surface area contributed by atoms with Gasteiger partial charge in [-0.1, -0.05) is 30.3 Å². The second kappa shape index (κ2) is 9.39. The van der Waals surface area contributed by atoms with Crippen LogP contribution in [-0.4, -0.2) is 45.4 Å². The zero-order chi connectivity index (χ0) is 21.8. The Morgan fingerprint density at radius 3 is 2.55 bits per heavy atom. The van der Waals surface area contributed by atoms with E-state index >= 15 is 0 Å². The monoisotopic (exact) mass is 423 g/mol. The van der Waals surface area contributed by atoms with Crippen molar-refractivity contribution in [3.8, 4) is 0 Å². The first-order valence-electron chi connectivity index (χ1n) is 10.7. The molecule has 162 valence electrons. The van der Waals surface area contributed by atoms with E-state index in [2.05, 4.69) is 4.90 Å². The van der Waals surface area contributed by atoms with Crippen LogP contribution >= 0.6 is 0 Å². The summed E-state index contributed by atoms with van der Waals surface area (Å²) in [6, 6.07) is 13.8. The second-order valence-electron chi connectivity index (χ2n) is 8.12. The maximum Gasteiger partial charge on any atom is 0.304 e. The van der Waals surface area contributed by atoms with Crippen molar-refractivity contribution in [3.63, 3.8) is 0 Å². The van der Waals surface area contributed by atoms with E-state index in [0.717, 1.165) is 49.0 Å². The van der Waals surface area contributed by atoms with Gasteiger partial charge in [0, 0.05) is 24.9 Å². The van der Waals surface area contributed by atoms with Crippen LogP contribution in [0.2, 0.25) is 0 Å². The fourth-order valence-corrected chi connectivity index (χ4v) is 4.31. The lowest BCUT2D eigenvalue weighted by atomic mass is 10.0. The van der Waals surface area contributed by atoms with Gasteiger partial charge in [0.15, 0.2) is 0 Å². The van der Waals surface area contributed by atoms with Gasteiger partial charge in [0.25, 0.3) is 5.56 Å². The van der Waals surface area contributed by atoms with Gasteiger partial charge < -0.3 is 10.0 Å². The first-order valence-corrected chi connectivity index (χ1v) is 10.7. The molecule has 0 amide bonds. The molecule has 1 atom stereocenters. The highest BCUT2D eigenvalue weighted by molar-refractivity contribution is 5.83. The maximum absolute atomic E-state index is 13.3. The Morgan fingerprint density at radius 2 is 1.81 bits per heavy atom. The molecule has 1 aromatic heterocycles. The minimum atomic E-state index is -0.793. The highest BCUT2D eigenvalue weighted by atomic mass is 19.1. The summed E-state index contributed by atoms with van der Waals surface area (Å²) >= 11 is 0. The van der Waals surface area contributed by atoms with E-state index in [1.54, 1.807) is 16.8 Å². The lowest BCUT2D eigenvalue weighted by Gasteiger charge is -2.20. The van der Waals surface area contributed by atoms with Crippen molar-refractivity contribution in [1.29, 1.82) is 0 Å². The summed E-state index contributed by atoms with van der Waals surface area (Å²) in [5.74, 6) is -1.07. The zero-order valence-corrected chi connectivity index (χ0v) is 17.3. The predicted molar refractivity (Wildman–Crippen MR) is 117 cm³/mol. The third-order valence-electron chi connectivity index (χ3n) is 5.97. The van der Waals surface area contributed by atoms with Crippen molar-refractivity contribution in [1.82, 2.24) is 14.7 Å². The number of aromatic nitrogens is 2. The first kappa shape index (κ1) is 21.2. The molecule has 4 rings (SSSR count). The summed E-state index contributed by atoms with van der Waals surface area (Å²) in [5, 5.41) is 15.2. The van der Waals surface area contributed by atoms with E-state index in [9.17, 15) is 14.0 Å². The molecule has 0 saturated carbocycles. The van der Waals surface area contributed by atoms with Gasteiger partial charge in [0.1, 0.15) is 5.82 Å². The molecule has 1 saturated heterocycles. The molecule has 6 nitrogen and oxygen atoms in total. The number of fused-ring (bicyclic) bond motifs is 1. The molecule has 31 heavy (non-hydrogen) atoms. The lowest BCUT2D eigenvalue weighted by molar-refractivity contribution is -0.137. The van der Waals surface area contributed by atoms with Crippen molar-refractivity contribution >= 4 is 16.7 Å². The van der Waals surface area contributed by atoms with Crippen LogP contribution < -0.4 is 5.56 Å². The highest BCUT2D eigenvalue weighted by Crippen LogP contribution is 2.24. The summed E-state index contributed by atoms with van der Waals surface area (Å²) < 4.78 is 14.9. The van der Waals surface area contributed by atoms with Crippen LogP contribution in [0.5, 0.6) is 0 Å². The van der Waals surface area contributed by atoms with Crippen LogP contribution in [0.1, 0.15) is 43.0 Å². The molecule has 0 aliphatic carbocycles. The Bertz CT molecular complexity index is 1130. The van der Waals surface area contributed by atoms with Crippen LogP contribution in [0.25, 0.3) is 10.8 Å². The number of aliphatic carboxylic acids is 1. The number of carbonyl (C=O) groups is 1. The quantitative estimate of drug-likeness (QED) is 0.655. The smallest absolute Gasteiger partial charge is 0.304 e. The number of nitrogens with zero attached hydrogens (tertiary/aromatic N) is 3. The fourth-order valence-electron chi connectivity index (χ4n) is 4.31. The molecular weight excluding hydrogens is 397 g/mol. The van der Waals surface area contributed by atoms with E-state index < -0.39 is 5.97 Å². The molecule has 1 aliphatic rings. The third-order valence-corrected chi connectivity index (χ3v) is 5.97. The topological polar surface area (TPSA) is 75.4 Å². The van der Waals surface area contributed by atoms with E-state index in [1.165, 1.54) is 12.1 Å². The van der Waals surface area contributed by atoms with E-state index in [0.29, 0.717) is 18.4 Å². The molecule has 0 spiro atoms. The summed E-state index contributed by atoms with van der Waals surface area (Å²) in [7, 11) is 0. The average molecular weight is 423 g/mol. The molecule has 1 aliphatic heterocycles. The molecular formula is C24H26FN3O3. The van der Waals surface area contributed by atoms with Crippen molar-refractivity contribution in [2.24, 2.45) is 0 Å². The van der Waals surface area contributed by atoms with Gasteiger partial charge in [-0.2, -0.15) is 5.10 Å². The van der Waals surface area contributed by atoms with Crippen molar-refractivity contribution in [2.45, 2.75) is 38.1 Å². The fraction of sp³-hybridized carbons (Fsp3) is 0.375. The number of hydrogen-bond acceptors (Lipinski definition) is 4. The Labute approximate surface area is 179 Å². The number of rotatable bonds is 6. The zero-order valence-electron chi connectivity index (χ0n) is 17.3. The number of benzene rings is 2. The van der Waals surface area contributed by atoms with Gasteiger partial charge in [0.05, 0.1) is 23.5 Å². The van der Waals surface area contributed by atoms with Gasteiger partial charge in [-0.3, -0.25) is 9.59 Å². The van der Waals surface area contributed by atoms with Gasteiger partial charge in [0.2, 0.25) is 0 Å². The molecule has 1 unspecified atom stereocenters. The number of hydrogen-bond donors (Lipinski definition) is 1. The number of carboxylic acids is 1. The summed E-state index contributed by atoms with van der Waals surface area (Å²) in [6.07, 6.45) is 3.10. The molecule has 1 fully saturated rings. The third kappa shape index (κ3) is 4.99. The Hall–Kier alpha value is -3.06. The minimum Gasteiger partial charge on any atom is -0.481 e. The minimum absolute atomic E-state index is 0.0288. The van der Waals surface area contributed by atoms with Crippen LogP contribution in [0.15, 0.2) is 53.3 Å². The van der Waals surface area contributed by atoms with Gasteiger partial charge in [-0.05, 0) is 49.6 Å².